The molecule has 84 valence electrons. The van der Waals surface area contributed by atoms with E-state index in [4.69, 9.17) is 5.73 Å². The summed E-state index contributed by atoms with van der Waals surface area (Å²) in [6.07, 6.45) is 4.22. The molecule has 15 heavy (non-hydrogen) atoms. The molecular formula is C12H17BrFN. The van der Waals surface area contributed by atoms with E-state index in [1.165, 1.54) is 6.07 Å². The van der Waals surface area contributed by atoms with E-state index in [2.05, 4.69) is 22.9 Å². The van der Waals surface area contributed by atoms with Crippen molar-refractivity contribution in [2.24, 2.45) is 5.73 Å². The van der Waals surface area contributed by atoms with Crippen molar-refractivity contribution >= 4 is 15.9 Å². The van der Waals surface area contributed by atoms with Gasteiger partial charge >= 0.3 is 0 Å². The van der Waals surface area contributed by atoms with Crippen LogP contribution in [0.5, 0.6) is 0 Å². The standard InChI is InChI=1S/C12H17BrFN/c1-2-3-4-5-12(15)10-8-9(13)6-7-11(10)14/h6-8,12H,2-5,15H2,1H3. The van der Waals surface area contributed by atoms with Gasteiger partial charge in [0.25, 0.3) is 0 Å². The molecule has 0 spiro atoms. The number of rotatable bonds is 5. The molecule has 2 N–H and O–H groups in total. The van der Waals surface area contributed by atoms with Gasteiger partial charge in [-0.25, -0.2) is 4.39 Å². The zero-order valence-corrected chi connectivity index (χ0v) is 10.6. The van der Waals surface area contributed by atoms with Gasteiger partial charge in [-0.1, -0.05) is 42.1 Å². The van der Waals surface area contributed by atoms with E-state index < -0.39 is 0 Å². The lowest BCUT2D eigenvalue weighted by atomic mass is 10.0. The average molecular weight is 274 g/mol. The van der Waals surface area contributed by atoms with Crippen molar-refractivity contribution in [3.63, 3.8) is 0 Å². The Kier molecular flexibility index (Phi) is 5.26. The van der Waals surface area contributed by atoms with Crippen LogP contribution in [0, 0.1) is 5.82 Å². The Morgan fingerprint density at radius 2 is 2.13 bits per heavy atom. The second-order valence-electron chi connectivity index (χ2n) is 3.77. The van der Waals surface area contributed by atoms with Gasteiger partial charge in [-0.05, 0) is 24.6 Å². The molecule has 1 nitrogen and oxygen atoms in total. The third kappa shape index (κ3) is 3.92. The van der Waals surface area contributed by atoms with Crippen molar-refractivity contribution in [2.45, 2.75) is 38.6 Å². The van der Waals surface area contributed by atoms with Crippen LogP contribution in [0.15, 0.2) is 22.7 Å². The summed E-state index contributed by atoms with van der Waals surface area (Å²) in [5, 5.41) is 0. The van der Waals surface area contributed by atoms with Gasteiger partial charge < -0.3 is 5.73 Å². The molecule has 0 fully saturated rings. The highest BCUT2D eigenvalue weighted by atomic mass is 79.9. The number of hydrogen-bond donors (Lipinski definition) is 1. The van der Waals surface area contributed by atoms with Gasteiger partial charge in [0.15, 0.2) is 0 Å². The minimum Gasteiger partial charge on any atom is -0.324 e. The first-order valence-electron chi connectivity index (χ1n) is 5.35. The second kappa shape index (κ2) is 6.23. The molecule has 1 aromatic carbocycles. The molecule has 0 amide bonds. The summed E-state index contributed by atoms with van der Waals surface area (Å²) in [6.45, 7) is 2.14. The van der Waals surface area contributed by atoms with Crippen LogP contribution < -0.4 is 5.73 Å². The number of halogens is 2. The van der Waals surface area contributed by atoms with E-state index in [9.17, 15) is 4.39 Å². The maximum atomic E-state index is 13.4. The summed E-state index contributed by atoms with van der Waals surface area (Å²) in [6, 6.07) is 4.73. The Bertz CT molecular complexity index is 314. The first-order valence-corrected chi connectivity index (χ1v) is 6.15. The number of unbranched alkanes of at least 4 members (excludes halogenated alkanes) is 2. The van der Waals surface area contributed by atoms with Gasteiger partial charge in [-0.15, -0.1) is 0 Å². The van der Waals surface area contributed by atoms with Crippen molar-refractivity contribution in [3.05, 3.63) is 34.1 Å². The van der Waals surface area contributed by atoms with Gasteiger partial charge in [-0.2, -0.15) is 0 Å². The third-order valence-corrected chi connectivity index (χ3v) is 2.97. The van der Waals surface area contributed by atoms with Gasteiger partial charge in [0.05, 0.1) is 0 Å². The summed E-state index contributed by atoms with van der Waals surface area (Å²) in [7, 11) is 0. The van der Waals surface area contributed by atoms with Gasteiger partial charge in [0.2, 0.25) is 0 Å². The first kappa shape index (κ1) is 12.7. The van der Waals surface area contributed by atoms with Gasteiger partial charge in [0, 0.05) is 16.1 Å². The molecular weight excluding hydrogens is 257 g/mol. The molecule has 1 aromatic rings. The highest BCUT2D eigenvalue weighted by molar-refractivity contribution is 9.10. The van der Waals surface area contributed by atoms with Crippen LogP contribution in [-0.2, 0) is 0 Å². The quantitative estimate of drug-likeness (QED) is 0.801. The zero-order valence-electron chi connectivity index (χ0n) is 8.97. The lowest BCUT2D eigenvalue weighted by Crippen LogP contribution is -2.12. The van der Waals surface area contributed by atoms with Crippen LogP contribution in [-0.4, -0.2) is 0 Å². The SMILES string of the molecule is CCCCCC(N)c1cc(Br)ccc1F. The first-order chi connectivity index (χ1) is 7.15. The smallest absolute Gasteiger partial charge is 0.128 e. The largest absolute Gasteiger partial charge is 0.324 e. The normalized spacial score (nSPS) is 12.8. The number of nitrogens with two attached hydrogens (primary N) is 1. The lowest BCUT2D eigenvalue weighted by molar-refractivity contribution is 0.538. The Balaban J connectivity index is 2.64. The minimum absolute atomic E-state index is 0.186. The fourth-order valence-electron chi connectivity index (χ4n) is 1.57. The molecule has 1 unspecified atom stereocenters. The fraction of sp³-hybridized carbons (Fsp3) is 0.500. The molecule has 0 aromatic heterocycles. The summed E-state index contributed by atoms with van der Waals surface area (Å²) in [4.78, 5) is 0. The Labute approximate surface area is 99.0 Å². The zero-order chi connectivity index (χ0) is 11.3. The summed E-state index contributed by atoms with van der Waals surface area (Å²) in [5.41, 5.74) is 6.56. The highest BCUT2D eigenvalue weighted by Gasteiger charge is 2.11. The average Bonchev–Trinajstić information content (AvgIpc) is 2.22. The maximum absolute atomic E-state index is 13.4. The molecule has 0 aliphatic rings. The monoisotopic (exact) mass is 273 g/mol. The second-order valence-corrected chi connectivity index (χ2v) is 4.68. The van der Waals surface area contributed by atoms with Crippen LogP contribution in [0.25, 0.3) is 0 Å². The molecule has 0 aliphatic heterocycles. The molecule has 0 radical (unpaired) electrons. The van der Waals surface area contributed by atoms with Crippen molar-refractivity contribution in [2.75, 3.05) is 0 Å². The van der Waals surface area contributed by atoms with Crippen molar-refractivity contribution < 1.29 is 4.39 Å². The van der Waals surface area contributed by atoms with Gasteiger partial charge in [0.1, 0.15) is 5.82 Å². The van der Waals surface area contributed by atoms with E-state index in [-0.39, 0.29) is 11.9 Å². The van der Waals surface area contributed by atoms with E-state index >= 15 is 0 Å². The van der Waals surface area contributed by atoms with Gasteiger partial charge in [-0.3, -0.25) is 0 Å². The lowest BCUT2D eigenvalue weighted by Gasteiger charge is -2.12. The molecule has 0 saturated carbocycles. The van der Waals surface area contributed by atoms with Crippen LogP contribution in [0.4, 0.5) is 4.39 Å². The Morgan fingerprint density at radius 3 is 2.80 bits per heavy atom. The Morgan fingerprint density at radius 1 is 1.40 bits per heavy atom. The molecule has 0 saturated heterocycles. The van der Waals surface area contributed by atoms with E-state index in [0.717, 1.165) is 30.2 Å². The minimum atomic E-state index is -0.206. The molecule has 0 aliphatic carbocycles. The van der Waals surface area contributed by atoms with Crippen molar-refractivity contribution in [1.29, 1.82) is 0 Å². The van der Waals surface area contributed by atoms with E-state index in [1.807, 2.05) is 0 Å². The molecule has 0 heterocycles. The summed E-state index contributed by atoms with van der Waals surface area (Å²) < 4.78 is 14.3. The summed E-state index contributed by atoms with van der Waals surface area (Å²) in [5.74, 6) is -0.206. The summed E-state index contributed by atoms with van der Waals surface area (Å²) >= 11 is 3.32. The predicted octanol–water partition coefficient (Wildman–Crippen LogP) is 4.17. The highest BCUT2D eigenvalue weighted by Crippen LogP contribution is 2.23. The molecule has 0 bridgehead atoms. The van der Waals surface area contributed by atoms with Crippen LogP contribution in [0.2, 0.25) is 0 Å². The third-order valence-electron chi connectivity index (χ3n) is 2.48. The van der Waals surface area contributed by atoms with Crippen LogP contribution in [0.3, 0.4) is 0 Å². The van der Waals surface area contributed by atoms with Crippen LogP contribution in [0.1, 0.15) is 44.2 Å². The molecule has 3 heteroatoms. The van der Waals surface area contributed by atoms with Crippen LogP contribution >= 0.6 is 15.9 Å². The van der Waals surface area contributed by atoms with Crippen molar-refractivity contribution in [1.82, 2.24) is 0 Å². The molecule has 1 atom stereocenters. The predicted molar refractivity (Wildman–Crippen MR) is 65.2 cm³/mol. The topological polar surface area (TPSA) is 26.0 Å². The van der Waals surface area contributed by atoms with E-state index in [1.54, 1.807) is 12.1 Å². The maximum Gasteiger partial charge on any atom is 0.128 e. The van der Waals surface area contributed by atoms with E-state index in [0.29, 0.717) is 5.56 Å². The number of hydrogen-bond acceptors (Lipinski definition) is 1. The Hall–Kier alpha value is -0.410. The fourth-order valence-corrected chi connectivity index (χ4v) is 1.95. The van der Waals surface area contributed by atoms with Crippen molar-refractivity contribution in [3.8, 4) is 0 Å². The molecule has 1 rings (SSSR count). The number of benzene rings is 1.